The summed E-state index contributed by atoms with van der Waals surface area (Å²) < 4.78 is 6.47. The number of para-hydroxylation sites is 1. The second-order valence-electron chi connectivity index (χ2n) is 16.7. The molecule has 0 amide bonds. The number of rotatable bonds is 6. The van der Waals surface area contributed by atoms with E-state index in [1.165, 1.54) is 76.8 Å². The van der Waals surface area contributed by atoms with Crippen LogP contribution in [0.4, 0.5) is 17.1 Å². The molecule has 1 aliphatic carbocycles. The zero-order chi connectivity index (χ0) is 41.5. The van der Waals surface area contributed by atoms with Gasteiger partial charge in [-0.15, -0.1) is 0 Å². The minimum atomic E-state index is -0.534. The average molecular weight is 802 g/mol. The maximum atomic E-state index is 6.47. The first-order valence-electron chi connectivity index (χ1n) is 21.8. The molecule has 1 aliphatic rings. The molecule has 0 saturated carbocycles. The van der Waals surface area contributed by atoms with E-state index in [0.29, 0.717) is 0 Å². The predicted molar refractivity (Wildman–Crippen MR) is 264 cm³/mol. The lowest BCUT2D eigenvalue weighted by Gasteiger charge is -2.35. The summed E-state index contributed by atoms with van der Waals surface area (Å²) in [7, 11) is 0. The number of benzene rings is 11. The third-order valence-corrected chi connectivity index (χ3v) is 13.5. The van der Waals surface area contributed by atoms with Gasteiger partial charge in [0.05, 0.1) is 11.1 Å². The van der Waals surface area contributed by atoms with Crippen LogP contribution in [0.1, 0.15) is 22.3 Å². The van der Waals surface area contributed by atoms with Crippen molar-refractivity contribution in [1.29, 1.82) is 0 Å². The quantitative estimate of drug-likeness (QED) is 0.156. The zero-order valence-corrected chi connectivity index (χ0v) is 34.4. The van der Waals surface area contributed by atoms with Gasteiger partial charge in [-0.05, 0) is 115 Å². The van der Waals surface area contributed by atoms with E-state index in [1.54, 1.807) is 0 Å². The van der Waals surface area contributed by atoms with E-state index in [0.717, 1.165) is 39.0 Å². The van der Waals surface area contributed by atoms with Crippen LogP contribution < -0.4 is 4.90 Å². The maximum absolute atomic E-state index is 6.47. The molecule has 0 spiro atoms. The summed E-state index contributed by atoms with van der Waals surface area (Å²) in [6.45, 7) is 0. The van der Waals surface area contributed by atoms with Crippen molar-refractivity contribution in [2.45, 2.75) is 5.41 Å². The van der Waals surface area contributed by atoms with Crippen LogP contribution in [0.2, 0.25) is 0 Å². The summed E-state index contributed by atoms with van der Waals surface area (Å²) in [4.78, 5) is 2.49. The summed E-state index contributed by atoms with van der Waals surface area (Å²) in [5.74, 6) is 0. The highest BCUT2D eigenvalue weighted by Crippen LogP contribution is 2.58. The Morgan fingerprint density at radius 3 is 1.59 bits per heavy atom. The first-order chi connectivity index (χ1) is 31.3. The van der Waals surface area contributed by atoms with Crippen molar-refractivity contribution < 1.29 is 4.42 Å². The molecular weight excluding hydrogens is 763 g/mol. The Morgan fingerprint density at radius 2 is 0.857 bits per heavy atom. The van der Waals surface area contributed by atoms with Gasteiger partial charge in [0.1, 0.15) is 11.2 Å². The van der Waals surface area contributed by atoms with Gasteiger partial charge in [-0.3, -0.25) is 0 Å². The lowest BCUT2D eigenvalue weighted by Crippen LogP contribution is -2.28. The SMILES string of the molecule is c1ccc(-c2ccc(N(c3ccc4c(c3)C(c3ccccc3)(c3ccccc3)c3ccccc3-4)c3cccc4c5ccc6oc7ccccc7c6c5c5ccccc5c34)cc2)cc1. The first-order valence-corrected chi connectivity index (χ1v) is 21.8. The Bertz CT molecular complexity index is 3650. The van der Waals surface area contributed by atoms with Crippen molar-refractivity contribution in [2.75, 3.05) is 4.90 Å². The molecule has 13 rings (SSSR count). The van der Waals surface area contributed by atoms with Gasteiger partial charge in [-0.1, -0.05) is 188 Å². The molecule has 1 heterocycles. The summed E-state index contributed by atoms with van der Waals surface area (Å²) >= 11 is 0. The highest BCUT2D eigenvalue weighted by atomic mass is 16.3. The van der Waals surface area contributed by atoms with Gasteiger partial charge in [0.2, 0.25) is 0 Å². The van der Waals surface area contributed by atoms with Crippen molar-refractivity contribution in [3.8, 4) is 22.3 Å². The van der Waals surface area contributed by atoms with Crippen LogP contribution in [0.3, 0.4) is 0 Å². The predicted octanol–water partition coefficient (Wildman–Crippen LogP) is 16.5. The molecule has 2 nitrogen and oxygen atoms in total. The van der Waals surface area contributed by atoms with Crippen molar-refractivity contribution in [3.63, 3.8) is 0 Å². The standard InChI is InChI=1S/C61H39NO/c1-4-17-40(18-5-1)41-31-33-44(34-32-41)62(45-35-36-47-46-23-12-14-28-53(46)61(54(47)39-45,42-19-6-2-7-20-42)43-21-8-3-9-22-43)55-29-16-27-49-51-37-38-57-60(52-26-13-15-30-56(52)63-57)59(51)50-25-11-10-24-48(50)58(49)55/h1-39H. The number of fused-ring (bicyclic) bond motifs is 13. The molecule has 2 heteroatoms. The van der Waals surface area contributed by atoms with E-state index < -0.39 is 5.41 Å². The molecule has 12 aromatic rings. The van der Waals surface area contributed by atoms with Crippen LogP contribution in [-0.2, 0) is 5.41 Å². The Morgan fingerprint density at radius 1 is 0.317 bits per heavy atom. The Labute approximate surface area is 365 Å². The van der Waals surface area contributed by atoms with Gasteiger partial charge in [-0.2, -0.15) is 0 Å². The van der Waals surface area contributed by atoms with Crippen molar-refractivity contribution in [3.05, 3.63) is 259 Å². The van der Waals surface area contributed by atoms with Gasteiger partial charge < -0.3 is 9.32 Å². The minimum Gasteiger partial charge on any atom is -0.456 e. The number of nitrogens with zero attached hydrogens (tertiary/aromatic N) is 1. The van der Waals surface area contributed by atoms with Gasteiger partial charge in [0, 0.05) is 32.9 Å². The van der Waals surface area contributed by atoms with Crippen LogP contribution in [0.5, 0.6) is 0 Å². The molecule has 63 heavy (non-hydrogen) atoms. The molecule has 0 radical (unpaired) electrons. The van der Waals surface area contributed by atoms with Crippen LogP contribution in [-0.4, -0.2) is 0 Å². The molecule has 0 bridgehead atoms. The lowest BCUT2D eigenvalue weighted by atomic mass is 9.67. The Kier molecular flexibility index (Phi) is 7.85. The van der Waals surface area contributed by atoms with E-state index in [-0.39, 0.29) is 0 Å². The molecule has 0 fully saturated rings. The molecule has 11 aromatic carbocycles. The van der Waals surface area contributed by atoms with Crippen LogP contribution >= 0.6 is 0 Å². The smallest absolute Gasteiger partial charge is 0.136 e. The topological polar surface area (TPSA) is 16.4 Å². The maximum Gasteiger partial charge on any atom is 0.136 e. The Hall–Kier alpha value is -8.20. The van der Waals surface area contributed by atoms with Gasteiger partial charge >= 0.3 is 0 Å². The van der Waals surface area contributed by atoms with E-state index in [1.807, 2.05) is 0 Å². The van der Waals surface area contributed by atoms with Gasteiger partial charge in [-0.25, -0.2) is 0 Å². The van der Waals surface area contributed by atoms with Crippen molar-refractivity contribution in [2.24, 2.45) is 0 Å². The van der Waals surface area contributed by atoms with E-state index >= 15 is 0 Å². The highest BCUT2D eigenvalue weighted by molar-refractivity contribution is 6.36. The van der Waals surface area contributed by atoms with E-state index in [4.69, 9.17) is 4.42 Å². The molecule has 0 saturated heterocycles. The number of anilines is 3. The molecule has 1 aromatic heterocycles. The third-order valence-electron chi connectivity index (χ3n) is 13.5. The highest BCUT2D eigenvalue weighted by Gasteiger charge is 2.46. The second kappa shape index (κ2) is 13.9. The molecule has 0 unspecified atom stereocenters. The van der Waals surface area contributed by atoms with Crippen LogP contribution in [0.25, 0.3) is 76.5 Å². The molecular formula is C61H39NO. The fourth-order valence-electron chi connectivity index (χ4n) is 10.9. The molecule has 0 aliphatic heterocycles. The fraction of sp³-hybridized carbons (Fsp3) is 0.0164. The normalized spacial score (nSPS) is 12.9. The van der Waals surface area contributed by atoms with E-state index in [2.05, 4.69) is 241 Å². The summed E-state index contributed by atoms with van der Waals surface area (Å²) in [6.07, 6.45) is 0. The number of furan rings is 1. The first kappa shape index (κ1) is 35.5. The van der Waals surface area contributed by atoms with Crippen LogP contribution in [0.15, 0.2) is 241 Å². The summed E-state index contributed by atoms with van der Waals surface area (Å²) in [5.41, 5.74) is 14.6. The molecule has 0 atom stereocenters. The summed E-state index contributed by atoms with van der Waals surface area (Å²) in [6, 6.07) is 86.7. The van der Waals surface area contributed by atoms with Crippen molar-refractivity contribution in [1.82, 2.24) is 0 Å². The largest absolute Gasteiger partial charge is 0.456 e. The molecule has 0 N–H and O–H groups in total. The number of hydrogen-bond donors (Lipinski definition) is 0. The lowest BCUT2D eigenvalue weighted by molar-refractivity contribution is 0.669. The third kappa shape index (κ3) is 5.19. The fourth-order valence-corrected chi connectivity index (χ4v) is 10.9. The van der Waals surface area contributed by atoms with Crippen molar-refractivity contribution >= 4 is 71.3 Å². The van der Waals surface area contributed by atoms with Crippen LogP contribution in [0, 0.1) is 0 Å². The zero-order valence-electron chi connectivity index (χ0n) is 34.4. The van der Waals surface area contributed by atoms with E-state index in [9.17, 15) is 0 Å². The minimum absolute atomic E-state index is 0.534. The summed E-state index contributed by atoms with van der Waals surface area (Å²) in [5, 5.41) is 9.56. The monoisotopic (exact) mass is 801 g/mol. The average Bonchev–Trinajstić information content (AvgIpc) is 3.89. The van der Waals surface area contributed by atoms with Gasteiger partial charge in [0.15, 0.2) is 0 Å². The number of hydrogen-bond acceptors (Lipinski definition) is 2. The second-order valence-corrected chi connectivity index (χ2v) is 16.7. The van der Waals surface area contributed by atoms with Gasteiger partial charge in [0.25, 0.3) is 0 Å². The Balaban J connectivity index is 1.12. The molecule has 294 valence electrons.